The van der Waals surface area contributed by atoms with Crippen LogP contribution in [0, 0.1) is 13.8 Å². The average Bonchev–Trinajstić information content (AvgIpc) is 2.70. The Morgan fingerprint density at radius 1 is 0.852 bits per heavy atom. The highest BCUT2D eigenvalue weighted by atomic mass is 16.2. The average molecular weight is 359 g/mol. The standard InChI is InChI=1S/C24H26N2O/c1-17-14-15-18(2)22(16-17)26-24(27)23(21-12-8-5-9-13-21)25-19(3)20-10-6-4-7-11-20/h4-16,19,23,25H,1-3H3,(H,26,27)/p+1/t19-,23-/m1/s1. The molecule has 3 rings (SSSR count). The van der Waals surface area contributed by atoms with E-state index in [9.17, 15) is 4.79 Å². The zero-order chi connectivity index (χ0) is 19.2. The van der Waals surface area contributed by atoms with E-state index in [4.69, 9.17) is 0 Å². The summed E-state index contributed by atoms with van der Waals surface area (Å²) in [5, 5.41) is 5.27. The van der Waals surface area contributed by atoms with Crippen LogP contribution in [0.5, 0.6) is 0 Å². The maximum absolute atomic E-state index is 13.2. The molecule has 138 valence electrons. The van der Waals surface area contributed by atoms with Gasteiger partial charge in [0.1, 0.15) is 6.04 Å². The largest absolute Gasteiger partial charge is 0.326 e. The lowest BCUT2D eigenvalue weighted by atomic mass is 10.0. The van der Waals surface area contributed by atoms with Gasteiger partial charge in [-0.1, -0.05) is 72.8 Å². The van der Waals surface area contributed by atoms with Gasteiger partial charge < -0.3 is 10.6 Å². The Labute approximate surface area is 161 Å². The van der Waals surface area contributed by atoms with E-state index in [0.717, 1.165) is 22.4 Å². The molecule has 0 heterocycles. The van der Waals surface area contributed by atoms with Gasteiger partial charge in [-0.2, -0.15) is 0 Å². The molecule has 0 saturated heterocycles. The third kappa shape index (κ3) is 4.83. The fourth-order valence-electron chi connectivity index (χ4n) is 3.25. The maximum atomic E-state index is 13.2. The minimum atomic E-state index is -0.318. The molecule has 0 aliphatic carbocycles. The van der Waals surface area contributed by atoms with E-state index >= 15 is 0 Å². The number of aryl methyl sites for hydroxylation is 2. The van der Waals surface area contributed by atoms with Crippen LogP contribution >= 0.6 is 0 Å². The molecule has 3 aromatic carbocycles. The number of rotatable bonds is 6. The molecule has 0 spiro atoms. The van der Waals surface area contributed by atoms with Crippen LogP contribution in [-0.4, -0.2) is 5.91 Å². The van der Waals surface area contributed by atoms with Crippen molar-refractivity contribution in [3.63, 3.8) is 0 Å². The van der Waals surface area contributed by atoms with Crippen LogP contribution in [0.25, 0.3) is 0 Å². The molecule has 0 unspecified atom stereocenters. The first-order valence-electron chi connectivity index (χ1n) is 9.37. The Kier molecular flexibility index (Phi) is 6.05. The smallest absolute Gasteiger partial charge is 0.287 e. The topological polar surface area (TPSA) is 45.7 Å². The molecule has 3 aromatic rings. The van der Waals surface area contributed by atoms with Crippen molar-refractivity contribution in [1.29, 1.82) is 0 Å². The molecule has 3 N–H and O–H groups in total. The summed E-state index contributed by atoms with van der Waals surface area (Å²) in [6.07, 6.45) is 0. The Hall–Kier alpha value is -2.91. The fourth-order valence-corrected chi connectivity index (χ4v) is 3.25. The first kappa shape index (κ1) is 18.9. The summed E-state index contributed by atoms with van der Waals surface area (Å²) in [6.45, 7) is 6.19. The monoisotopic (exact) mass is 359 g/mol. The molecule has 3 nitrogen and oxygen atoms in total. The van der Waals surface area contributed by atoms with Gasteiger partial charge in [0.05, 0.1) is 0 Å². The molecule has 3 heteroatoms. The van der Waals surface area contributed by atoms with E-state index in [1.807, 2.05) is 74.5 Å². The van der Waals surface area contributed by atoms with Crippen LogP contribution in [0.2, 0.25) is 0 Å². The summed E-state index contributed by atoms with van der Waals surface area (Å²) in [4.78, 5) is 13.2. The molecule has 0 aliphatic rings. The number of quaternary nitrogens is 1. The molecular formula is C24H27N2O+. The number of amides is 1. The van der Waals surface area contributed by atoms with Crippen molar-refractivity contribution in [2.24, 2.45) is 0 Å². The van der Waals surface area contributed by atoms with E-state index in [0.29, 0.717) is 0 Å². The first-order valence-corrected chi connectivity index (χ1v) is 9.37. The Balaban J connectivity index is 1.85. The van der Waals surface area contributed by atoms with Gasteiger partial charge in [0.2, 0.25) is 0 Å². The van der Waals surface area contributed by atoms with Crippen molar-refractivity contribution < 1.29 is 10.1 Å². The van der Waals surface area contributed by atoms with Crippen LogP contribution in [0.3, 0.4) is 0 Å². The highest BCUT2D eigenvalue weighted by Gasteiger charge is 2.27. The molecule has 0 fully saturated rings. The van der Waals surface area contributed by atoms with Crippen molar-refractivity contribution in [2.75, 3.05) is 5.32 Å². The minimum Gasteiger partial charge on any atom is -0.326 e. The zero-order valence-corrected chi connectivity index (χ0v) is 16.1. The summed E-state index contributed by atoms with van der Waals surface area (Å²) in [5.74, 6) is -0.00215. The van der Waals surface area contributed by atoms with E-state index in [2.05, 4.69) is 35.8 Å². The van der Waals surface area contributed by atoms with Gasteiger partial charge in [0.25, 0.3) is 5.91 Å². The van der Waals surface area contributed by atoms with Crippen molar-refractivity contribution in [3.05, 3.63) is 101 Å². The van der Waals surface area contributed by atoms with Crippen LogP contribution in [0.4, 0.5) is 5.69 Å². The fraction of sp³-hybridized carbons (Fsp3) is 0.208. The van der Waals surface area contributed by atoms with Crippen LogP contribution in [0.15, 0.2) is 78.9 Å². The van der Waals surface area contributed by atoms with Gasteiger partial charge in [0.15, 0.2) is 6.04 Å². The third-order valence-electron chi connectivity index (χ3n) is 4.90. The Morgan fingerprint density at radius 2 is 1.44 bits per heavy atom. The highest BCUT2D eigenvalue weighted by molar-refractivity contribution is 5.95. The molecule has 2 atom stereocenters. The molecule has 0 radical (unpaired) electrons. The summed E-state index contributed by atoms with van der Waals surface area (Å²) < 4.78 is 0. The number of anilines is 1. The number of nitrogens with two attached hydrogens (primary N) is 1. The van der Waals surface area contributed by atoms with Crippen molar-refractivity contribution >= 4 is 11.6 Å². The predicted molar refractivity (Wildman–Crippen MR) is 111 cm³/mol. The molecule has 0 saturated carbocycles. The van der Waals surface area contributed by atoms with E-state index < -0.39 is 0 Å². The van der Waals surface area contributed by atoms with Crippen molar-refractivity contribution in [2.45, 2.75) is 32.9 Å². The van der Waals surface area contributed by atoms with Crippen molar-refractivity contribution in [1.82, 2.24) is 0 Å². The van der Waals surface area contributed by atoms with Gasteiger partial charge in [0, 0.05) is 16.8 Å². The van der Waals surface area contributed by atoms with Gasteiger partial charge in [-0.3, -0.25) is 4.79 Å². The summed E-state index contributed by atoms with van der Waals surface area (Å²) >= 11 is 0. The number of hydrogen-bond donors (Lipinski definition) is 2. The third-order valence-corrected chi connectivity index (χ3v) is 4.90. The number of hydrogen-bond acceptors (Lipinski definition) is 1. The SMILES string of the molecule is Cc1ccc(C)c(NC(=O)[C@H]([NH2+][C@H](C)c2ccccc2)c2ccccc2)c1. The maximum Gasteiger partial charge on any atom is 0.287 e. The number of carbonyl (C=O) groups excluding carboxylic acids is 1. The van der Waals surface area contributed by atoms with E-state index in [-0.39, 0.29) is 18.0 Å². The molecular weight excluding hydrogens is 332 g/mol. The van der Waals surface area contributed by atoms with Gasteiger partial charge in [-0.05, 0) is 38.0 Å². The predicted octanol–water partition coefficient (Wildman–Crippen LogP) is 4.31. The number of benzene rings is 3. The molecule has 0 bridgehead atoms. The zero-order valence-electron chi connectivity index (χ0n) is 16.1. The number of nitrogens with one attached hydrogen (secondary N) is 1. The quantitative estimate of drug-likeness (QED) is 0.677. The summed E-state index contributed by atoms with van der Waals surface area (Å²) in [7, 11) is 0. The lowest BCUT2D eigenvalue weighted by Gasteiger charge is -2.21. The molecule has 27 heavy (non-hydrogen) atoms. The van der Waals surface area contributed by atoms with Crippen LogP contribution in [-0.2, 0) is 4.79 Å². The second-order valence-electron chi connectivity index (χ2n) is 7.09. The molecule has 1 amide bonds. The van der Waals surface area contributed by atoms with Crippen LogP contribution in [0.1, 0.15) is 41.3 Å². The molecule has 0 aliphatic heterocycles. The Bertz CT molecular complexity index is 891. The van der Waals surface area contributed by atoms with E-state index in [1.165, 1.54) is 5.56 Å². The van der Waals surface area contributed by atoms with E-state index in [1.54, 1.807) is 0 Å². The summed E-state index contributed by atoms with van der Waals surface area (Å²) in [5.41, 5.74) is 5.29. The highest BCUT2D eigenvalue weighted by Crippen LogP contribution is 2.19. The minimum absolute atomic E-state index is 0.00215. The lowest BCUT2D eigenvalue weighted by Crippen LogP contribution is -2.87. The summed E-state index contributed by atoms with van der Waals surface area (Å²) in [6, 6.07) is 26.2. The van der Waals surface area contributed by atoms with Crippen molar-refractivity contribution in [3.8, 4) is 0 Å². The second-order valence-corrected chi connectivity index (χ2v) is 7.09. The number of carbonyl (C=O) groups is 1. The molecule has 0 aromatic heterocycles. The lowest BCUT2D eigenvalue weighted by molar-refractivity contribution is -0.718. The normalized spacial score (nSPS) is 13.0. The van der Waals surface area contributed by atoms with Gasteiger partial charge >= 0.3 is 0 Å². The van der Waals surface area contributed by atoms with Gasteiger partial charge in [-0.25, -0.2) is 0 Å². The second kappa shape index (κ2) is 8.65. The first-order chi connectivity index (χ1) is 13.0. The Morgan fingerprint density at radius 3 is 2.07 bits per heavy atom. The van der Waals surface area contributed by atoms with Crippen LogP contribution < -0.4 is 10.6 Å². The van der Waals surface area contributed by atoms with Gasteiger partial charge in [-0.15, -0.1) is 0 Å².